The van der Waals surface area contributed by atoms with E-state index < -0.39 is 47.8 Å². The molecule has 4 unspecified atom stereocenters. The van der Waals surface area contributed by atoms with E-state index in [0.717, 1.165) is 18.3 Å². The van der Waals surface area contributed by atoms with Gasteiger partial charge in [0.1, 0.15) is 6.10 Å². The lowest BCUT2D eigenvalue weighted by Gasteiger charge is -2.32. The summed E-state index contributed by atoms with van der Waals surface area (Å²) in [7, 11) is 0. The number of ether oxygens (including phenoxy) is 6. The van der Waals surface area contributed by atoms with Crippen molar-refractivity contribution in [2.75, 3.05) is 26.4 Å². The third-order valence-corrected chi connectivity index (χ3v) is 5.25. The van der Waals surface area contributed by atoms with Gasteiger partial charge >= 0.3 is 23.9 Å². The van der Waals surface area contributed by atoms with Crippen molar-refractivity contribution in [1.82, 2.24) is 4.98 Å². The van der Waals surface area contributed by atoms with Crippen LogP contribution in [0.15, 0.2) is 5.38 Å². The van der Waals surface area contributed by atoms with Crippen LogP contribution >= 0.6 is 11.3 Å². The van der Waals surface area contributed by atoms with Crippen LogP contribution in [0.4, 0.5) is 0 Å². The summed E-state index contributed by atoms with van der Waals surface area (Å²) in [4.78, 5) is 51.8. The molecule has 11 nitrogen and oxygen atoms in total. The Bertz CT molecular complexity index is 922. The number of hydrogen-bond acceptors (Lipinski definition) is 12. The Labute approximate surface area is 194 Å². The van der Waals surface area contributed by atoms with Gasteiger partial charge in [0.05, 0.1) is 32.1 Å². The Kier molecular flexibility index (Phi) is 9.33. The molecule has 0 N–H and O–H groups in total. The molecule has 2 rings (SSSR count). The summed E-state index contributed by atoms with van der Waals surface area (Å²) in [5.41, 5.74) is -1.65. The second-order valence-corrected chi connectivity index (χ2v) is 7.57. The monoisotopic (exact) mass is 483 g/mol. The van der Waals surface area contributed by atoms with Crippen molar-refractivity contribution in [3.8, 4) is 12.3 Å². The van der Waals surface area contributed by atoms with Crippen LogP contribution < -0.4 is 0 Å². The fourth-order valence-electron chi connectivity index (χ4n) is 3.11. The lowest BCUT2D eigenvalue weighted by Crippen LogP contribution is -2.52. The number of carbonyl (C=O) groups excluding carboxylic acids is 4. The van der Waals surface area contributed by atoms with Crippen molar-refractivity contribution in [1.29, 1.82) is 0 Å². The highest BCUT2D eigenvalue weighted by Crippen LogP contribution is 2.34. The summed E-state index contributed by atoms with van der Waals surface area (Å²) in [5, 5.41) is 1.50. The fourth-order valence-corrected chi connectivity index (χ4v) is 3.83. The van der Waals surface area contributed by atoms with E-state index in [1.165, 1.54) is 12.3 Å². The van der Waals surface area contributed by atoms with Gasteiger partial charge in [-0.1, -0.05) is 5.92 Å². The first kappa shape index (κ1) is 26.2. The molecule has 0 amide bonds. The molecule has 1 saturated heterocycles. The highest BCUT2D eigenvalue weighted by atomic mass is 32.1. The highest BCUT2D eigenvalue weighted by Gasteiger charge is 2.56. The quantitative estimate of drug-likeness (QED) is 0.270. The van der Waals surface area contributed by atoms with Crippen LogP contribution in [0.25, 0.3) is 0 Å². The van der Waals surface area contributed by atoms with Crippen molar-refractivity contribution in [2.45, 2.75) is 51.6 Å². The van der Waals surface area contributed by atoms with Crippen LogP contribution in [-0.2, 0) is 42.8 Å². The second kappa shape index (κ2) is 11.7. The van der Waals surface area contributed by atoms with E-state index in [9.17, 15) is 19.2 Å². The van der Waals surface area contributed by atoms with Crippen molar-refractivity contribution in [3.05, 3.63) is 16.1 Å². The number of terminal acetylenes is 1. The molecule has 1 aromatic rings. The Balaban J connectivity index is 2.27. The normalized spacial score (nSPS) is 22.6. The van der Waals surface area contributed by atoms with Crippen molar-refractivity contribution in [3.63, 3.8) is 0 Å². The Hall–Kier alpha value is -3.01. The highest BCUT2D eigenvalue weighted by molar-refractivity contribution is 7.11. The van der Waals surface area contributed by atoms with E-state index in [4.69, 9.17) is 34.8 Å². The molecule has 0 aliphatic carbocycles. The van der Waals surface area contributed by atoms with Crippen LogP contribution in [0.1, 0.15) is 49.3 Å². The van der Waals surface area contributed by atoms with Gasteiger partial charge in [-0.05, 0) is 13.8 Å². The standard InChI is InChI=1S/C21H25NO10S/c1-6-21(32-13(5)24)15(29-10-16(21)31-12(4)23)9-30-17(19(25)27-7-2)14-11-33-18(22-14)20(26)28-8-3/h1,11,15-17H,7-10H2,2-5H3. The summed E-state index contributed by atoms with van der Waals surface area (Å²) >= 11 is 0.976. The van der Waals surface area contributed by atoms with Crippen LogP contribution in [0.3, 0.4) is 0 Å². The molecule has 33 heavy (non-hydrogen) atoms. The van der Waals surface area contributed by atoms with Gasteiger partial charge < -0.3 is 28.4 Å². The van der Waals surface area contributed by atoms with Gasteiger partial charge in [0.25, 0.3) is 0 Å². The molecule has 0 radical (unpaired) electrons. The average molecular weight is 483 g/mol. The van der Waals surface area contributed by atoms with Gasteiger partial charge in [-0.15, -0.1) is 17.8 Å². The molecule has 4 atom stereocenters. The maximum atomic E-state index is 12.5. The summed E-state index contributed by atoms with van der Waals surface area (Å²) in [6.07, 6.45) is 2.18. The SMILES string of the molecule is C#CC1(OC(C)=O)C(COC(C(=O)OCC)c2csc(C(=O)OCC)n2)OCC1OC(C)=O. The van der Waals surface area contributed by atoms with Crippen molar-refractivity contribution >= 4 is 35.2 Å². The van der Waals surface area contributed by atoms with Gasteiger partial charge in [0, 0.05) is 19.2 Å². The third kappa shape index (κ3) is 6.28. The Morgan fingerprint density at radius 1 is 1.24 bits per heavy atom. The van der Waals surface area contributed by atoms with Gasteiger partial charge in [-0.25, -0.2) is 14.6 Å². The maximum absolute atomic E-state index is 12.5. The first-order valence-electron chi connectivity index (χ1n) is 10.0. The number of nitrogens with zero attached hydrogens (tertiary/aromatic N) is 1. The summed E-state index contributed by atoms with van der Waals surface area (Å²) in [6.45, 7) is 5.34. The predicted molar refractivity (Wildman–Crippen MR) is 112 cm³/mol. The molecule has 2 heterocycles. The van der Waals surface area contributed by atoms with Crippen molar-refractivity contribution < 1.29 is 47.6 Å². The number of thiazole rings is 1. The molecular weight excluding hydrogens is 458 g/mol. The van der Waals surface area contributed by atoms with Gasteiger partial charge in [0.2, 0.25) is 10.6 Å². The zero-order valence-electron chi connectivity index (χ0n) is 18.7. The van der Waals surface area contributed by atoms with Crippen molar-refractivity contribution in [2.24, 2.45) is 0 Å². The summed E-state index contributed by atoms with van der Waals surface area (Å²) in [5.74, 6) is -0.411. The summed E-state index contributed by atoms with van der Waals surface area (Å²) < 4.78 is 31.8. The van der Waals surface area contributed by atoms with E-state index in [2.05, 4.69) is 10.9 Å². The number of hydrogen-bond donors (Lipinski definition) is 0. The molecule has 1 aromatic heterocycles. The minimum absolute atomic E-state index is 0.0367. The molecular formula is C21H25NO10S. The van der Waals surface area contributed by atoms with E-state index >= 15 is 0 Å². The number of esters is 4. The molecule has 1 fully saturated rings. The average Bonchev–Trinajstić information content (AvgIpc) is 3.35. The lowest BCUT2D eigenvalue weighted by atomic mass is 9.93. The van der Waals surface area contributed by atoms with E-state index in [1.54, 1.807) is 13.8 Å². The van der Waals surface area contributed by atoms with Crippen LogP contribution in [0.2, 0.25) is 0 Å². The van der Waals surface area contributed by atoms with Gasteiger partial charge in [-0.2, -0.15) is 0 Å². The zero-order chi connectivity index (χ0) is 24.6. The zero-order valence-corrected chi connectivity index (χ0v) is 19.5. The molecule has 0 spiro atoms. The molecule has 12 heteroatoms. The molecule has 0 aromatic carbocycles. The molecule has 0 bridgehead atoms. The Morgan fingerprint density at radius 3 is 2.52 bits per heavy atom. The number of aromatic nitrogens is 1. The smallest absolute Gasteiger partial charge is 0.367 e. The van der Waals surface area contributed by atoms with Crippen LogP contribution in [0, 0.1) is 12.3 Å². The summed E-state index contributed by atoms with van der Waals surface area (Å²) in [6, 6.07) is 0. The lowest BCUT2D eigenvalue weighted by molar-refractivity contribution is -0.178. The van der Waals surface area contributed by atoms with E-state index in [0.29, 0.717) is 0 Å². The molecule has 0 saturated carbocycles. The molecule has 180 valence electrons. The van der Waals surface area contributed by atoms with E-state index in [-0.39, 0.29) is 37.1 Å². The first-order chi connectivity index (χ1) is 15.7. The van der Waals surface area contributed by atoms with Gasteiger partial charge in [0.15, 0.2) is 12.2 Å². The van der Waals surface area contributed by atoms with E-state index in [1.807, 2.05) is 0 Å². The predicted octanol–water partition coefficient (Wildman–Crippen LogP) is 1.21. The van der Waals surface area contributed by atoms with Crippen LogP contribution in [0.5, 0.6) is 0 Å². The van der Waals surface area contributed by atoms with Gasteiger partial charge in [-0.3, -0.25) is 9.59 Å². The molecule has 1 aliphatic rings. The maximum Gasteiger partial charge on any atom is 0.367 e. The largest absolute Gasteiger partial charge is 0.464 e. The minimum atomic E-state index is -1.77. The topological polar surface area (TPSA) is 137 Å². The fraction of sp³-hybridized carbons (Fsp3) is 0.571. The molecule has 1 aliphatic heterocycles. The Morgan fingerprint density at radius 2 is 1.94 bits per heavy atom. The minimum Gasteiger partial charge on any atom is -0.464 e. The number of carbonyl (C=O) groups is 4. The van der Waals surface area contributed by atoms with Crippen LogP contribution in [-0.4, -0.2) is 73.1 Å². The first-order valence-corrected chi connectivity index (χ1v) is 10.9. The second-order valence-electron chi connectivity index (χ2n) is 6.71. The number of rotatable bonds is 10. The third-order valence-electron chi connectivity index (χ3n) is 4.41.